The standard InChI is InChI=1S/C9H7FN4/c10-8-3-1-2-7(14-8)6-4-12-9(11)13-5-6/h1-5H,(H2,11,12,13). The molecule has 2 rings (SSSR count). The average molecular weight is 190 g/mol. The van der Waals surface area contributed by atoms with E-state index in [-0.39, 0.29) is 5.95 Å². The van der Waals surface area contributed by atoms with Crippen LogP contribution in [0.5, 0.6) is 0 Å². The zero-order valence-corrected chi connectivity index (χ0v) is 7.18. The largest absolute Gasteiger partial charge is 0.368 e. The van der Waals surface area contributed by atoms with E-state index in [9.17, 15) is 4.39 Å². The molecule has 0 spiro atoms. The highest BCUT2D eigenvalue weighted by Gasteiger charge is 2.01. The fraction of sp³-hybridized carbons (Fsp3) is 0. The number of rotatable bonds is 1. The number of halogens is 1. The number of nitrogens with two attached hydrogens (primary N) is 1. The Labute approximate surface area is 79.7 Å². The maximum Gasteiger partial charge on any atom is 0.219 e. The Bertz CT molecular complexity index is 441. The van der Waals surface area contributed by atoms with Crippen molar-refractivity contribution in [3.05, 3.63) is 36.5 Å². The van der Waals surface area contributed by atoms with Crippen molar-refractivity contribution in [2.45, 2.75) is 0 Å². The molecule has 0 fully saturated rings. The first kappa shape index (κ1) is 8.55. The normalized spacial score (nSPS) is 10.1. The molecular formula is C9H7FN4. The quantitative estimate of drug-likeness (QED) is 0.687. The van der Waals surface area contributed by atoms with Gasteiger partial charge in [0.2, 0.25) is 11.9 Å². The summed E-state index contributed by atoms with van der Waals surface area (Å²) in [5.74, 6) is -0.343. The van der Waals surface area contributed by atoms with Crippen molar-refractivity contribution in [1.82, 2.24) is 15.0 Å². The highest BCUT2D eigenvalue weighted by molar-refractivity contribution is 5.56. The molecule has 0 aliphatic heterocycles. The van der Waals surface area contributed by atoms with Crippen LogP contribution in [0.3, 0.4) is 0 Å². The lowest BCUT2D eigenvalue weighted by molar-refractivity contribution is 0.585. The Morgan fingerprint density at radius 3 is 2.50 bits per heavy atom. The maximum absolute atomic E-state index is 12.8. The molecule has 0 atom stereocenters. The van der Waals surface area contributed by atoms with Gasteiger partial charge in [0.25, 0.3) is 0 Å². The van der Waals surface area contributed by atoms with Gasteiger partial charge in [0.05, 0.1) is 5.69 Å². The van der Waals surface area contributed by atoms with E-state index in [1.807, 2.05) is 0 Å². The molecule has 0 amide bonds. The van der Waals surface area contributed by atoms with Crippen LogP contribution in [-0.4, -0.2) is 15.0 Å². The van der Waals surface area contributed by atoms with Crippen molar-refractivity contribution in [3.8, 4) is 11.3 Å². The van der Waals surface area contributed by atoms with Crippen molar-refractivity contribution >= 4 is 5.95 Å². The summed E-state index contributed by atoms with van der Waals surface area (Å²) in [4.78, 5) is 11.3. The lowest BCUT2D eigenvalue weighted by atomic mass is 10.2. The Hall–Kier alpha value is -2.04. The SMILES string of the molecule is Nc1ncc(-c2cccc(F)n2)cn1. The van der Waals surface area contributed by atoms with E-state index in [0.717, 1.165) is 0 Å². The summed E-state index contributed by atoms with van der Waals surface area (Å²) in [5.41, 5.74) is 6.45. The van der Waals surface area contributed by atoms with Gasteiger partial charge in [-0.3, -0.25) is 0 Å². The second-order valence-electron chi connectivity index (χ2n) is 2.68. The molecule has 4 nitrogen and oxygen atoms in total. The van der Waals surface area contributed by atoms with Crippen LogP contribution in [0.15, 0.2) is 30.6 Å². The molecule has 14 heavy (non-hydrogen) atoms. The molecule has 0 aliphatic carbocycles. The number of nitrogens with zero attached hydrogens (tertiary/aromatic N) is 3. The van der Waals surface area contributed by atoms with Crippen LogP contribution in [0.4, 0.5) is 10.3 Å². The highest BCUT2D eigenvalue weighted by Crippen LogP contribution is 2.14. The zero-order chi connectivity index (χ0) is 9.97. The number of aromatic nitrogens is 3. The molecule has 2 N–H and O–H groups in total. The van der Waals surface area contributed by atoms with Gasteiger partial charge in [0.15, 0.2) is 0 Å². The smallest absolute Gasteiger partial charge is 0.219 e. The lowest BCUT2D eigenvalue weighted by Gasteiger charge is -1.99. The van der Waals surface area contributed by atoms with Gasteiger partial charge in [-0.25, -0.2) is 15.0 Å². The Morgan fingerprint density at radius 2 is 1.86 bits per heavy atom. The summed E-state index contributed by atoms with van der Waals surface area (Å²) >= 11 is 0. The fourth-order valence-electron chi connectivity index (χ4n) is 1.04. The summed E-state index contributed by atoms with van der Waals surface area (Å²) in [5, 5.41) is 0. The molecular weight excluding hydrogens is 183 g/mol. The van der Waals surface area contributed by atoms with Crippen molar-refractivity contribution in [2.75, 3.05) is 5.73 Å². The van der Waals surface area contributed by atoms with E-state index in [1.54, 1.807) is 12.1 Å². The summed E-state index contributed by atoms with van der Waals surface area (Å²) in [6, 6.07) is 4.54. The highest BCUT2D eigenvalue weighted by atomic mass is 19.1. The van der Waals surface area contributed by atoms with Gasteiger partial charge < -0.3 is 5.73 Å². The van der Waals surface area contributed by atoms with Crippen LogP contribution in [0.25, 0.3) is 11.3 Å². The minimum absolute atomic E-state index is 0.185. The molecule has 70 valence electrons. The zero-order valence-electron chi connectivity index (χ0n) is 7.18. The van der Waals surface area contributed by atoms with Crippen LogP contribution in [0, 0.1) is 5.95 Å². The number of hydrogen-bond donors (Lipinski definition) is 1. The first-order valence-electron chi connectivity index (χ1n) is 3.96. The Balaban J connectivity index is 2.44. The molecule has 0 radical (unpaired) electrons. The summed E-state index contributed by atoms with van der Waals surface area (Å²) < 4.78 is 12.8. The maximum atomic E-state index is 12.8. The van der Waals surface area contributed by atoms with Gasteiger partial charge in [-0.2, -0.15) is 4.39 Å². The molecule has 5 heteroatoms. The van der Waals surface area contributed by atoms with E-state index in [2.05, 4.69) is 15.0 Å². The van der Waals surface area contributed by atoms with Crippen molar-refractivity contribution < 1.29 is 4.39 Å². The van der Waals surface area contributed by atoms with E-state index in [1.165, 1.54) is 18.5 Å². The molecule has 0 aliphatic rings. The van der Waals surface area contributed by atoms with Crippen molar-refractivity contribution in [1.29, 1.82) is 0 Å². The Morgan fingerprint density at radius 1 is 1.14 bits per heavy atom. The van der Waals surface area contributed by atoms with Gasteiger partial charge in [-0.1, -0.05) is 6.07 Å². The number of anilines is 1. The first-order chi connectivity index (χ1) is 6.75. The number of hydrogen-bond acceptors (Lipinski definition) is 4. The molecule has 0 aromatic carbocycles. The monoisotopic (exact) mass is 190 g/mol. The van der Waals surface area contributed by atoms with Crippen molar-refractivity contribution in [2.24, 2.45) is 0 Å². The summed E-state index contributed by atoms with van der Waals surface area (Å²) in [7, 11) is 0. The second kappa shape index (κ2) is 3.37. The molecule has 0 unspecified atom stereocenters. The predicted octanol–water partition coefficient (Wildman–Crippen LogP) is 1.26. The minimum atomic E-state index is -0.528. The third kappa shape index (κ3) is 1.66. The molecule has 0 bridgehead atoms. The topological polar surface area (TPSA) is 64.7 Å². The summed E-state index contributed by atoms with van der Waals surface area (Å²) in [6.45, 7) is 0. The molecule has 2 heterocycles. The van der Waals surface area contributed by atoms with Crippen LogP contribution in [0.2, 0.25) is 0 Å². The summed E-state index contributed by atoms with van der Waals surface area (Å²) in [6.07, 6.45) is 3.01. The molecule has 2 aromatic rings. The second-order valence-corrected chi connectivity index (χ2v) is 2.68. The van der Waals surface area contributed by atoms with E-state index >= 15 is 0 Å². The molecule has 2 aromatic heterocycles. The van der Waals surface area contributed by atoms with Gasteiger partial charge in [-0.15, -0.1) is 0 Å². The van der Waals surface area contributed by atoms with Gasteiger partial charge in [-0.05, 0) is 12.1 Å². The van der Waals surface area contributed by atoms with E-state index in [4.69, 9.17) is 5.73 Å². The van der Waals surface area contributed by atoms with Crippen LogP contribution in [-0.2, 0) is 0 Å². The fourth-order valence-corrected chi connectivity index (χ4v) is 1.04. The minimum Gasteiger partial charge on any atom is -0.368 e. The lowest BCUT2D eigenvalue weighted by Crippen LogP contribution is -1.94. The molecule has 0 saturated carbocycles. The third-order valence-corrected chi connectivity index (χ3v) is 1.68. The first-order valence-corrected chi connectivity index (χ1v) is 3.96. The van der Waals surface area contributed by atoms with Gasteiger partial charge in [0.1, 0.15) is 0 Å². The van der Waals surface area contributed by atoms with Gasteiger partial charge in [0, 0.05) is 18.0 Å². The van der Waals surface area contributed by atoms with Crippen LogP contribution < -0.4 is 5.73 Å². The van der Waals surface area contributed by atoms with Gasteiger partial charge >= 0.3 is 0 Å². The average Bonchev–Trinajstić information content (AvgIpc) is 2.19. The van der Waals surface area contributed by atoms with E-state index in [0.29, 0.717) is 11.3 Å². The van der Waals surface area contributed by atoms with Crippen molar-refractivity contribution in [3.63, 3.8) is 0 Å². The van der Waals surface area contributed by atoms with Crippen LogP contribution in [0.1, 0.15) is 0 Å². The molecule has 0 saturated heterocycles. The predicted molar refractivity (Wildman–Crippen MR) is 49.6 cm³/mol. The van der Waals surface area contributed by atoms with E-state index < -0.39 is 5.95 Å². The third-order valence-electron chi connectivity index (χ3n) is 1.68. The number of nitrogen functional groups attached to an aromatic ring is 1. The Kier molecular flexibility index (Phi) is 2.06. The number of pyridine rings is 1. The van der Waals surface area contributed by atoms with Crippen LogP contribution >= 0.6 is 0 Å².